The number of carbonyl (C=O) groups excluding carboxylic acids is 1. The summed E-state index contributed by atoms with van der Waals surface area (Å²) in [7, 11) is -3.39. The molecule has 8 nitrogen and oxygen atoms in total. The van der Waals surface area contributed by atoms with Crippen LogP contribution in [0.4, 0.5) is 5.69 Å². The second-order valence-corrected chi connectivity index (χ2v) is 7.10. The first-order chi connectivity index (χ1) is 11.4. The largest absolute Gasteiger partial charge is 0.395 e. The molecule has 9 heteroatoms. The first-order valence-electron chi connectivity index (χ1n) is 7.66. The average Bonchev–Trinajstić information content (AvgIpc) is 2.50. The fourth-order valence-electron chi connectivity index (χ4n) is 2.16. The molecule has 0 aliphatic carbocycles. The van der Waals surface area contributed by atoms with Crippen molar-refractivity contribution in [2.45, 2.75) is 6.42 Å². The van der Waals surface area contributed by atoms with E-state index in [4.69, 9.17) is 10.2 Å². The molecule has 1 amide bonds. The molecular weight excluding hydrogens is 334 g/mol. The fourth-order valence-corrected chi connectivity index (χ4v) is 2.72. The van der Waals surface area contributed by atoms with Gasteiger partial charge in [-0.2, -0.15) is 0 Å². The van der Waals surface area contributed by atoms with E-state index >= 15 is 0 Å². The van der Waals surface area contributed by atoms with E-state index in [0.717, 1.165) is 6.26 Å². The van der Waals surface area contributed by atoms with E-state index in [1.807, 2.05) is 4.90 Å². The van der Waals surface area contributed by atoms with Gasteiger partial charge < -0.3 is 15.5 Å². The van der Waals surface area contributed by atoms with Gasteiger partial charge in [-0.25, -0.2) is 8.42 Å². The van der Waals surface area contributed by atoms with Gasteiger partial charge in [-0.05, 0) is 31.2 Å². The van der Waals surface area contributed by atoms with Crippen LogP contribution in [0.1, 0.15) is 16.8 Å². The van der Waals surface area contributed by atoms with E-state index in [0.29, 0.717) is 43.9 Å². The normalized spacial score (nSPS) is 11.5. The zero-order valence-corrected chi connectivity index (χ0v) is 14.6. The van der Waals surface area contributed by atoms with Crippen molar-refractivity contribution in [1.82, 2.24) is 10.2 Å². The number of sulfonamides is 1. The highest BCUT2D eigenvalue weighted by atomic mass is 32.2. The highest BCUT2D eigenvalue weighted by molar-refractivity contribution is 7.92. The van der Waals surface area contributed by atoms with Crippen LogP contribution in [0, 0.1) is 0 Å². The van der Waals surface area contributed by atoms with Crippen LogP contribution in [-0.4, -0.2) is 75.1 Å². The number of nitrogens with zero attached hydrogens (tertiary/aromatic N) is 1. The molecule has 0 aliphatic heterocycles. The maximum absolute atomic E-state index is 12.1. The second-order valence-electron chi connectivity index (χ2n) is 5.35. The number of nitrogens with one attached hydrogen (secondary N) is 2. The van der Waals surface area contributed by atoms with Gasteiger partial charge >= 0.3 is 0 Å². The summed E-state index contributed by atoms with van der Waals surface area (Å²) >= 11 is 0. The summed E-state index contributed by atoms with van der Waals surface area (Å²) in [5, 5.41) is 20.6. The van der Waals surface area contributed by atoms with Crippen LogP contribution in [0.2, 0.25) is 0 Å². The third kappa shape index (κ3) is 8.25. The number of carbonyl (C=O) groups is 1. The second kappa shape index (κ2) is 10.2. The molecule has 136 valence electrons. The molecular formula is C15H25N3O5S. The van der Waals surface area contributed by atoms with Gasteiger partial charge in [0.1, 0.15) is 0 Å². The summed E-state index contributed by atoms with van der Waals surface area (Å²) in [6, 6.07) is 6.25. The van der Waals surface area contributed by atoms with Crippen molar-refractivity contribution in [2.75, 3.05) is 50.4 Å². The van der Waals surface area contributed by atoms with Crippen molar-refractivity contribution in [3.8, 4) is 0 Å². The summed E-state index contributed by atoms with van der Waals surface area (Å²) in [6.45, 7) is 2.09. The van der Waals surface area contributed by atoms with Gasteiger partial charge in [0.05, 0.1) is 19.5 Å². The number of aliphatic hydroxyl groups excluding tert-OH is 2. The molecule has 4 N–H and O–H groups in total. The van der Waals surface area contributed by atoms with Crippen LogP contribution in [0.25, 0.3) is 0 Å². The molecule has 0 unspecified atom stereocenters. The zero-order valence-electron chi connectivity index (χ0n) is 13.7. The molecule has 0 spiro atoms. The first-order valence-corrected chi connectivity index (χ1v) is 9.55. The Kier molecular flexibility index (Phi) is 8.69. The number of amides is 1. The predicted octanol–water partition coefficient (Wildman–Crippen LogP) is -0.535. The van der Waals surface area contributed by atoms with Gasteiger partial charge in [-0.1, -0.05) is 6.07 Å². The quantitative estimate of drug-likeness (QED) is 0.394. The summed E-state index contributed by atoms with van der Waals surface area (Å²) in [4.78, 5) is 14.0. The third-order valence-electron chi connectivity index (χ3n) is 3.20. The highest BCUT2D eigenvalue weighted by Crippen LogP contribution is 2.11. The monoisotopic (exact) mass is 359 g/mol. The van der Waals surface area contributed by atoms with Gasteiger partial charge in [0.25, 0.3) is 5.91 Å². The molecule has 24 heavy (non-hydrogen) atoms. The number of rotatable bonds is 11. The standard InChI is InChI=1S/C15H25N3O5S/c1-24(22,23)17-14-5-2-4-13(12-14)15(21)16-6-3-7-18(8-10-19)9-11-20/h2,4-5,12,17,19-20H,3,6-11H2,1H3,(H,16,21). The smallest absolute Gasteiger partial charge is 0.251 e. The van der Waals surface area contributed by atoms with Crippen LogP contribution in [0.5, 0.6) is 0 Å². The molecule has 0 saturated carbocycles. The molecule has 0 radical (unpaired) electrons. The lowest BCUT2D eigenvalue weighted by Gasteiger charge is -2.19. The molecule has 1 rings (SSSR count). The van der Waals surface area contributed by atoms with Gasteiger partial charge in [0, 0.05) is 30.9 Å². The molecule has 0 aliphatic rings. The predicted molar refractivity (Wildman–Crippen MR) is 92.5 cm³/mol. The third-order valence-corrected chi connectivity index (χ3v) is 3.80. The molecule has 1 aromatic carbocycles. The van der Waals surface area contributed by atoms with E-state index in [1.165, 1.54) is 6.07 Å². The van der Waals surface area contributed by atoms with Gasteiger partial charge in [-0.15, -0.1) is 0 Å². The van der Waals surface area contributed by atoms with Crippen molar-refractivity contribution >= 4 is 21.6 Å². The molecule has 0 bridgehead atoms. The molecule has 0 heterocycles. The summed E-state index contributed by atoms with van der Waals surface area (Å²) in [6.07, 6.45) is 1.72. The summed E-state index contributed by atoms with van der Waals surface area (Å²) in [5.74, 6) is -0.289. The Labute approximate surface area is 142 Å². The summed E-state index contributed by atoms with van der Waals surface area (Å²) < 4.78 is 24.7. The molecule has 1 aromatic rings. The van der Waals surface area contributed by atoms with Crippen LogP contribution in [0.15, 0.2) is 24.3 Å². The lowest BCUT2D eigenvalue weighted by molar-refractivity contribution is 0.0949. The molecule has 0 saturated heterocycles. The fraction of sp³-hybridized carbons (Fsp3) is 0.533. The SMILES string of the molecule is CS(=O)(=O)Nc1cccc(C(=O)NCCCN(CCO)CCO)c1. The van der Waals surface area contributed by atoms with Gasteiger partial charge in [0.2, 0.25) is 10.0 Å². The van der Waals surface area contributed by atoms with E-state index in [9.17, 15) is 13.2 Å². The number of benzene rings is 1. The van der Waals surface area contributed by atoms with Crippen LogP contribution in [0.3, 0.4) is 0 Å². The minimum atomic E-state index is -3.39. The lowest BCUT2D eigenvalue weighted by Crippen LogP contribution is -2.33. The Morgan fingerprint density at radius 2 is 1.83 bits per heavy atom. The number of hydrogen-bond donors (Lipinski definition) is 4. The van der Waals surface area contributed by atoms with Crippen LogP contribution in [-0.2, 0) is 10.0 Å². The molecule has 0 fully saturated rings. The Balaban J connectivity index is 2.46. The topological polar surface area (TPSA) is 119 Å². The first kappa shape index (κ1) is 20.4. The Bertz CT molecular complexity index is 615. The number of hydrogen-bond acceptors (Lipinski definition) is 6. The Hall–Kier alpha value is -1.68. The minimum absolute atomic E-state index is 0.0203. The average molecular weight is 359 g/mol. The minimum Gasteiger partial charge on any atom is -0.395 e. The van der Waals surface area contributed by atoms with E-state index in [2.05, 4.69) is 10.0 Å². The lowest BCUT2D eigenvalue weighted by atomic mass is 10.2. The van der Waals surface area contributed by atoms with Gasteiger partial charge in [0.15, 0.2) is 0 Å². The zero-order chi connectivity index (χ0) is 18.0. The highest BCUT2D eigenvalue weighted by Gasteiger charge is 2.08. The van der Waals surface area contributed by atoms with Crippen molar-refractivity contribution in [3.05, 3.63) is 29.8 Å². The Morgan fingerprint density at radius 3 is 2.42 bits per heavy atom. The maximum Gasteiger partial charge on any atom is 0.251 e. The number of anilines is 1. The van der Waals surface area contributed by atoms with Crippen molar-refractivity contribution in [3.63, 3.8) is 0 Å². The van der Waals surface area contributed by atoms with Crippen LogP contribution >= 0.6 is 0 Å². The summed E-state index contributed by atoms with van der Waals surface area (Å²) in [5.41, 5.74) is 0.702. The van der Waals surface area contributed by atoms with E-state index in [1.54, 1.807) is 18.2 Å². The van der Waals surface area contributed by atoms with E-state index < -0.39 is 10.0 Å². The molecule has 0 aromatic heterocycles. The molecule has 0 atom stereocenters. The van der Waals surface area contributed by atoms with Crippen molar-refractivity contribution in [1.29, 1.82) is 0 Å². The van der Waals surface area contributed by atoms with Crippen molar-refractivity contribution in [2.24, 2.45) is 0 Å². The van der Waals surface area contributed by atoms with Gasteiger partial charge in [-0.3, -0.25) is 14.4 Å². The van der Waals surface area contributed by atoms with Crippen molar-refractivity contribution < 1.29 is 23.4 Å². The maximum atomic E-state index is 12.1. The number of aliphatic hydroxyl groups is 2. The van der Waals surface area contributed by atoms with E-state index in [-0.39, 0.29) is 19.1 Å². The van der Waals surface area contributed by atoms with Crippen LogP contribution < -0.4 is 10.0 Å². The Morgan fingerprint density at radius 1 is 1.17 bits per heavy atom.